The molecule has 3 heteroatoms. The Morgan fingerprint density at radius 3 is 2.47 bits per heavy atom. The van der Waals surface area contributed by atoms with Gasteiger partial charge in [-0.05, 0) is 35.6 Å². The van der Waals surface area contributed by atoms with E-state index in [1.807, 2.05) is 23.9 Å². The number of ether oxygens (including phenoxy) is 1. The van der Waals surface area contributed by atoms with Crippen molar-refractivity contribution in [2.45, 2.75) is 18.4 Å². The van der Waals surface area contributed by atoms with E-state index in [0.717, 1.165) is 18.0 Å². The fourth-order valence-electron chi connectivity index (χ4n) is 1.83. The lowest BCUT2D eigenvalue weighted by atomic mass is 10.2. The summed E-state index contributed by atoms with van der Waals surface area (Å²) in [5, 5.41) is 3.49. The zero-order valence-electron chi connectivity index (χ0n) is 11.3. The van der Waals surface area contributed by atoms with Gasteiger partial charge in [0.1, 0.15) is 5.75 Å². The number of para-hydroxylation sites is 1. The summed E-state index contributed by atoms with van der Waals surface area (Å²) in [5.41, 5.74) is 2.45. The van der Waals surface area contributed by atoms with E-state index in [2.05, 4.69) is 48.6 Å². The standard InChI is InChI=1S/C16H19NOS/c1-3-19-16-7-5-4-6-15(16)17-12-13-8-10-14(18-2)11-9-13/h4-11,17H,3,12H2,1-2H3. The number of benzene rings is 2. The van der Waals surface area contributed by atoms with Crippen molar-refractivity contribution in [2.24, 2.45) is 0 Å². The smallest absolute Gasteiger partial charge is 0.118 e. The molecule has 0 saturated heterocycles. The van der Waals surface area contributed by atoms with Gasteiger partial charge in [-0.15, -0.1) is 11.8 Å². The van der Waals surface area contributed by atoms with Gasteiger partial charge in [0.25, 0.3) is 0 Å². The average Bonchev–Trinajstić information content (AvgIpc) is 2.47. The van der Waals surface area contributed by atoms with Crippen LogP contribution in [-0.2, 0) is 6.54 Å². The van der Waals surface area contributed by atoms with E-state index in [9.17, 15) is 0 Å². The molecular weight excluding hydrogens is 254 g/mol. The number of nitrogens with one attached hydrogen (secondary N) is 1. The lowest BCUT2D eigenvalue weighted by Crippen LogP contribution is -2.00. The molecule has 0 aliphatic carbocycles. The van der Waals surface area contributed by atoms with Gasteiger partial charge < -0.3 is 10.1 Å². The molecule has 0 saturated carbocycles. The van der Waals surface area contributed by atoms with Gasteiger partial charge in [0.15, 0.2) is 0 Å². The molecule has 100 valence electrons. The van der Waals surface area contributed by atoms with E-state index >= 15 is 0 Å². The monoisotopic (exact) mass is 273 g/mol. The Balaban J connectivity index is 2.01. The maximum atomic E-state index is 5.16. The Labute approximate surface area is 119 Å². The maximum Gasteiger partial charge on any atom is 0.118 e. The Morgan fingerprint density at radius 2 is 1.79 bits per heavy atom. The van der Waals surface area contributed by atoms with Crippen LogP contribution in [-0.4, -0.2) is 12.9 Å². The SMILES string of the molecule is CCSc1ccccc1NCc1ccc(OC)cc1. The van der Waals surface area contributed by atoms with Gasteiger partial charge in [0.2, 0.25) is 0 Å². The Bertz CT molecular complexity index is 510. The Hall–Kier alpha value is -1.61. The summed E-state index contributed by atoms with van der Waals surface area (Å²) in [6.07, 6.45) is 0. The fraction of sp³-hybridized carbons (Fsp3) is 0.250. The zero-order valence-corrected chi connectivity index (χ0v) is 12.2. The minimum absolute atomic E-state index is 0.825. The van der Waals surface area contributed by atoms with Gasteiger partial charge in [-0.1, -0.05) is 31.2 Å². The summed E-state index contributed by atoms with van der Waals surface area (Å²) in [7, 11) is 1.69. The van der Waals surface area contributed by atoms with Crippen LogP contribution >= 0.6 is 11.8 Å². The summed E-state index contributed by atoms with van der Waals surface area (Å²) in [5.74, 6) is 1.98. The van der Waals surface area contributed by atoms with Crippen LogP contribution < -0.4 is 10.1 Å². The summed E-state index contributed by atoms with van der Waals surface area (Å²) in [6.45, 7) is 3.00. The van der Waals surface area contributed by atoms with Gasteiger partial charge in [0, 0.05) is 17.1 Å². The highest BCUT2D eigenvalue weighted by Crippen LogP contribution is 2.27. The van der Waals surface area contributed by atoms with Crippen molar-refractivity contribution in [1.29, 1.82) is 0 Å². The van der Waals surface area contributed by atoms with Crippen molar-refractivity contribution < 1.29 is 4.74 Å². The molecule has 2 aromatic carbocycles. The molecular formula is C16H19NOS. The summed E-state index contributed by atoms with van der Waals surface area (Å²) < 4.78 is 5.16. The van der Waals surface area contributed by atoms with Crippen molar-refractivity contribution in [3.8, 4) is 5.75 Å². The third-order valence-electron chi connectivity index (χ3n) is 2.83. The largest absolute Gasteiger partial charge is 0.497 e. The molecule has 0 radical (unpaired) electrons. The first-order chi connectivity index (χ1) is 9.33. The number of rotatable bonds is 6. The zero-order chi connectivity index (χ0) is 13.5. The molecule has 2 nitrogen and oxygen atoms in total. The molecule has 0 atom stereocenters. The number of hydrogen-bond donors (Lipinski definition) is 1. The van der Waals surface area contributed by atoms with Crippen LogP contribution in [0.3, 0.4) is 0 Å². The summed E-state index contributed by atoms with van der Waals surface area (Å²) in [4.78, 5) is 1.30. The topological polar surface area (TPSA) is 21.3 Å². The number of hydrogen-bond acceptors (Lipinski definition) is 3. The second-order valence-electron chi connectivity index (χ2n) is 4.13. The van der Waals surface area contributed by atoms with Crippen molar-refractivity contribution >= 4 is 17.4 Å². The van der Waals surface area contributed by atoms with Gasteiger partial charge >= 0.3 is 0 Å². The van der Waals surface area contributed by atoms with Gasteiger partial charge in [-0.25, -0.2) is 0 Å². The molecule has 19 heavy (non-hydrogen) atoms. The number of thioether (sulfide) groups is 1. The first kappa shape index (κ1) is 13.8. The van der Waals surface area contributed by atoms with Crippen molar-refractivity contribution in [2.75, 3.05) is 18.2 Å². The second-order valence-corrected chi connectivity index (χ2v) is 5.44. The molecule has 0 aromatic heterocycles. The van der Waals surface area contributed by atoms with Gasteiger partial charge in [0.05, 0.1) is 7.11 Å². The van der Waals surface area contributed by atoms with E-state index in [4.69, 9.17) is 4.74 Å². The van der Waals surface area contributed by atoms with Crippen LogP contribution in [0.4, 0.5) is 5.69 Å². The third kappa shape index (κ3) is 3.93. The molecule has 0 heterocycles. The first-order valence-electron chi connectivity index (χ1n) is 6.42. The van der Waals surface area contributed by atoms with Crippen molar-refractivity contribution in [1.82, 2.24) is 0 Å². The molecule has 0 spiro atoms. The number of anilines is 1. The highest BCUT2D eigenvalue weighted by molar-refractivity contribution is 7.99. The van der Waals surface area contributed by atoms with Crippen LogP contribution in [0.15, 0.2) is 53.4 Å². The summed E-state index contributed by atoms with van der Waals surface area (Å²) in [6, 6.07) is 16.6. The van der Waals surface area contributed by atoms with Crippen molar-refractivity contribution in [3.05, 3.63) is 54.1 Å². The molecule has 0 bridgehead atoms. The molecule has 1 N–H and O–H groups in total. The van der Waals surface area contributed by atoms with E-state index in [-0.39, 0.29) is 0 Å². The highest BCUT2D eigenvalue weighted by atomic mass is 32.2. The maximum absolute atomic E-state index is 5.16. The average molecular weight is 273 g/mol. The summed E-state index contributed by atoms with van der Waals surface area (Å²) >= 11 is 1.86. The molecule has 0 amide bonds. The molecule has 0 unspecified atom stereocenters. The lowest BCUT2D eigenvalue weighted by molar-refractivity contribution is 0.414. The third-order valence-corrected chi connectivity index (χ3v) is 3.78. The molecule has 0 aliphatic rings. The van der Waals surface area contributed by atoms with E-state index in [0.29, 0.717) is 0 Å². The molecule has 2 rings (SSSR count). The lowest BCUT2D eigenvalue weighted by Gasteiger charge is -2.11. The Morgan fingerprint density at radius 1 is 1.05 bits per heavy atom. The normalized spacial score (nSPS) is 10.2. The van der Waals surface area contributed by atoms with Crippen LogP contribution in [0.25, 0.3) is 0 Å². The predicted octanol–water partition coefficient (Wildman–Crippen LogP) is 4.42. The van der Waals surface area contributed by atoms with Crippen LogP contribution in [0.1, 0.15) is 12.5 Å². The Kier molecular flexibility index (Phi) is 5.16. The van der Waals surface area contributed by atoms with Crippen LogP contribution in [0.5, 0.6) is 5.75 Å². The predicted molar refractivity (Wildman–Crippen MR) is 83.2 cm³/mol. The first-order valence-corrected chi connectivity index (χ1v) is 7.40. The minimum atomic E-state index is 0.825. The van der Waals surface area contributed by atoms with Gasteiger partial charge in [-0.3, -0.25) is 0 Å². The van der Waals surface area contributed by atoms with Gasteiger partial charge in [-0.2, -0.15) is 0 Å². The van der Waals surface area contributed by atoms with Crippen LogP contribution in [0.2, 0.25) is 0 Å². The van der Waals surface area contributed by atoms with Crippen molar-refractivity contribution in [3.63, 3.8) is 0 Å². The van der Waals surface area contributed by atoms with E-state index in [1.165, 1.54) is 16.1 Å². The van der Waals surface area contributed by atoms with E-state index in [1.54, 1.807) is 7.11 Å². The second kappa shape index (κ2) is 7.10. The highest BCUT2D eigenvalue weighted by Gasteiger charge is 2.01. The molecule has 0 aliphatic heterocycles. The molecule has 2 aromatic rings. The number of methoxy groups -OCH3 is 1. The minimum Gasteiger partial charge on any atom is -0.497 e. The van der Waals surface area contributed by atoms with E-state index < -0.39 is 0 Å². The molecule has 0 fully saturated rings. The van der Waals surface area contributed by atoms with Crippen LogP contribution in [0, 0.1) is 0 Å². The fourth-order valence-corrected chi connectivity index (χ4v) is 2.62. The quantitative estimate of drug-likeness (QED) is 0.787.